The lowest BCUT2D eigenvalue weighted by Gasteiger charge is -2.33. The Hall–Kier alpha value is -3.10. The first-order chi connectivity index (χ1) is 14.7. The molecule has 2 atom stereocenters. The van der Waals surface area contributed by atoms with Crippen molar-refractivity contribution in [1.82, 2.24) is 20.2 Å². The summed E-state index contributed by atoms with van der Waals surface area (Å²) in [6.07, 6.45) is 1.24. The molecule has 2 saturated heterocycles. The summed E-state index contributed by atoms with van der Waals surface area (Å²) in [7, 11) is 0. The molecule has 0 aliphatic carbocycles. The number of H-pyrrole nitrogens is 1. The number of cyclic esters (lactones) is 1. The number of carbonyl (C=O) groups is 1. The minimum atomic E-state index is -0.358. The molecule has 3 aromatic rings. The second kappa shape index (κ2) is 7.97. The predicted octanol–water partition coefficient (Wildman–Crippen LogP) is 2.89. The Balaban J connectivity index is 1.44. The molecule has 2 N–H and O–H groups in total. The van der Waals surface area contributed by atoms with Crippen LogP contribution >= 0.6 is 0 Å². The highest BCUT2D eigenvalue weighted by Gasteiger charge is 2.37. The molecule has 2 fully saturated rings. The average Bonchev–Trinajstić information content (AvgIpc) is 3.40. The molecule has 8 heteroatoms. The number of aromatic nitrogens is 2. The zero-order chi connectivity index (χ0) is 20.5. The van der Waals surface area contributed by atoms with Crippen molar-refractivity contribution in [3.8, 4) is 5.75 Å². The largest absolute Gasteiger partial charge is 0.475 e. The fourth-order valence-corrected chi connectivity index (χ4v) is 4.18. The van der Waals surface area contributed by atoms with Crippen molar-refractivity contribution < 1.29 is 14.3 Å². The van der Waals surface area contributed by atoms with Crippen LogP contribution in [0.1, 0.15) is 18.5 Å². The number of imidazole rings is 1. The van der Waals surface area contributed by atoms with Gasteiger partial charge in [-0.1, -0.05) is 18.2 Å². The number of hydrogen-bond donors (Lipinski definition) is 2. The molecule has 1 amide bonds. The topological polar surface area (TPSA) is 82.7 Å². The number of nitrogens with zero attached hydrogens (tertiary/aromatic N) is 3. The van der Waals surface area contributed by atoms with E-state index in [4.69, 9.17) is 9.47 Å². The normalized spacial score (nSPS) is 21.0. The van der Waals surface area contributed by atoms with Gasteiger partial charge in [0.1, 0.15) is 24.6 Å². The van der Waals surface area contributed by atoms with E-state index in [0.717, 1.165) is 54.2 Å². The fraction of sp³-hybridized carbons (Fsp3) is 0.364. The van der Waals surface area contributed by atoms with Gasteiger partial charge < -0.3 is 19.8 Å². The lowest BCUT2D eigenvalue weighted by atomic mass is 10.0. The lowest BCUT2D eigenvalue weighted by Crippen LogP contribution is -2.49. The highest BCUT2D eigenvalue weighted by Crippen LogP contribution is 2.38. The van der Waals surface area contributed by atoms with E-state index in [1.807, 2.05) is 42.5 Å². The predicted molar refractivity (Wildman–Crippen MR) is 114 cm³/mol. The van der Waals surface area contributed by atoms with Crippen LogP contribution in [0.2, 0.25) is 0 Å². The Labute approximate surface area is 174 Å². The number of nitrogens with one attached hydrogen (secondary N) is 2. The van der Waals surface area contributed by atoms with Crippen molar-refractivity contribution in [1.29, 1.82) is 0 Å². The van der Waals surface area contributed by atoms with Crippen LogP contribution in [0.5, 0.6) is 5.75 Å². The van der Waals surface area contributed by atoms with Gasteiger partial charge in [0.2, 0.25) is 0 Å². The molecule has 30 heavy (non-hydrogen) atoms. The summed E-state index contributed by atoms with van der Waals surface area (Å²) in [5.41, 5.74) is 3.44. The van der Waals surface area contributed by atoms with Crippen molar-refractivity contribution in [2.75, 3.05) is 37.7 Å². The first kappa shape index (κ1) is 18.9. The quantitative estimate of drug-likeness (QED) is 0.677. The molecule has 3 heterocycles. The molecule has 156 valence electrons. The van der Waals surface area contributed by atoms with Crippen molar-refractivity contribution in [2.24, 2.45) is 0 Å². The number of benzene rings is 2. The maximum Gasteiger partial charge on any atom is 0.415 e. The maximum atomic E-state index is 12.6. The van der Waals surface area contributed by atoms with E-state index in [-0.39, 0.29) is 25.0 Å². The molecule has 2 aromatic carbocycles. The van der Waals surface area contributed by atoms with Gasteiger partial charge in [-0.05, 0) is 31.2 Å². The van der Waals surface area contributed by atoms with Gasteiger partial charge in [-0.25, -0.2) is 9.78 Å². The highest BCUT2D eigenvalue weighted by atomic mass is 16.6. The van der Waals surface area contributed by atoms with Crippen molar-refractivity contribution in [2.45, 2.75) is 19.2 Å². The number of para-hydroxylation sites is 1. The minimum Gasteiger partial charge on any atom is -0.475 e. The number of ether oxygens (including phenoxy) is 2. The molecule has 0 saturated carbocycles. The van der Waals surface area contributed by atoms with Gasteiger partial charge in [-0.15, -0.1) is 0 Å². The molecular weight excluding hydrogens is 382 g/mol. The van der Waals surface area contributed by atoms with Crippen LogP contribution in [0.15, 0.2) is 48.8 Å². The Bertz CT molecular complexity index is 1050. The van der Waals surface area contributed by atoms with Crippen LogP contribution in [-0.4, -0.2) is 60.0 Å². The summed E-state index contributed by atoms with van der Waals surface area (Å²) >= 11 is 0. The third-order valence-electron chi connectivity index (χ3n) is 5.80. The Morgan fingerprint density at radius 1 is 1.20 bits per heavy atom. The van der Waals surface area contributed by atoms with Gasteiger partial charge >= 0.3 is 6.09 Å². The van der Waals surface area contributed by atoms with Gasteiger partial charge in [0, 0.05) is 31.7 Å². The molecule has 2 aliphatic rings. The van der Waals surface area contributed by atoms with Crippen molar-refractivity contribution >= 4 is 22.8 Å². The van der Waals surface area contributed by atoms with E-state index in [1.54, 1.807) is 11.2 Å². The average molecular weight is 407 g/mol. The first-order valence-electron chi connectivity index (χ1n) is 10.3. The number of amides is 1. The zero-order valence-corrected chi connectivity index (χ0v) is 16.9. The number of hydrogen-bond acceptors (Lipinski definition) is 6. The molecule has 0 radical (unpaired) electrons. The molecule has 5 rings (SSSR count). The summed E-state index contributed by atoms with van der Waals surface area (Å²) in [4.78, 5) is 24.0. The summed E-state index contributed by atoms with van der Waals surface area (Å²) in [5.74, 6) is 0.777. The molecule has 8 nitrogen and oxygen atoms in total. The third-order valence-corrected chi connectivity index (χ3v) is 5.80. The van der Waals surface area contributed by atoms with Crippen molar-refractivity contribution in [3.05, 3.63) is 54.4 Å². The Morgan fingerprint density at radius 2 is 2.03 bits per heavy atom. The van der Waals surface area contributed by atoms with E-state index in [0.29, 0.717) is 0 Å². The van der Waals surface area contributed by atoms with E-state index < -0.39 is 0 Å². The lowest BCUT2D eigenvalue weighted by molar-refractivity contribution is 0.0301. The third kappa shape index (κ3) is 3.48. The van der Waals surface area contributed by atoms with Crippen LogP contribution in [-0.2, 0) is 4.74 Å². The molecule has 2 aliphatic heterocycles. The van der Waals surface area contributed by atoms with Gasteiger partial charge in [-0.3, -0.25) is 9.80 Å². The SMILES string of the molecule is CC(Oc1ccccc1C1COC(=O)N1c1ccc2nc[nH]c2c1)N1CCNCC1. The van der Waals surface area contributed by atoms with Gasteiger partial charge in [-0.2, -0.15) is 0 Å². The first-order valence-corrected chi connectivity index (χ1v) is 10.3. The van der Waals surface area contributed by atoms with Crippen molar-refractivity contribution in [3.63, 3.8) is 0 Å². The molecule has 0 bridgehead atoms. The molecule has 1 aromatic heterocycles. The molecule has 2 unspecified atom stereocenters. The Kier molecular flexibility index (Phi) is 5.02. The number of fused-ring (bicyclic) bond motifs is 1. The summed E-state index contributed by atoms with van der Waals surface area (Å²) in [5, 5.41) is 3.36. The minimum absolute atomic E-state index is 0.0546. The van der Waals surface area contributed by atoms with Gasteiger partial charge in [0.05, 0.1) is 23.0 Å². The summed E-state index contributed by atoms with van der Waals surface area (Å²) in [6, 6.07) is 13.4. The van der Waals surface area contributed by atoms with Gasteiger partial charge in [0.15, 0.2) is 0 Å². The summed E-state index contributed by atoms with van der Waals surface area (Å²) in [6.45, 7) is 6.17. The number of carbonyl (C=O) groups excluding carboxylic acids is 1. The highest BCUT2D eigenvalue weighted by molar-refractivity contribution is 5.93. The Morgan fingerprint density at radius 3 is 2.90 bits per heavy atom. The number of aromatic amines is 1. The number of anilines is 1. The second-order valence-electron chi connectivity index (χ2n) is 7.61. The second-order valence-corrected chi connectivity index (χ2v) is 7.61. The van der Waals surface area contributed by atoms with E-state index >= 15 is 0 Å². The smallest absolute Gasteiger partial charge is 0.415 e. The van der Waals surface area contributed by atoms with E-state index in [1.165, 1.54) is 0 Å². The van der Waals surface area contributed by atoms with Crippen LogP contribution in [0.3, 0.4) is 0 Å². The van der Waals surface area contributed by atoms with Crippen LogP contribution in [0.4, 0.5) is 10.5 Å². The zero-order valence-electron chi connectivity index (χ0n) is 16.9. The fourth-order valence-electron chi connectivity index (χ4n) is 4.18. The van der Waals surface area contributed by atoms with Crippen LogP contribution < -0.4 is 15.0 Å². The van der Waals surface area contributed by atoms with Crippen LogP contribution in [0, 0.1) is 0 Å². The molecule has 0 spiro atoms. The van der Waals surface area contributed by atoms with E-state index in [2.05, 4.69) is 27.1 Å². The van der Waals surface area contributed by atoms with Crippen LogP contribution in [0.25, 0.3) is 11.0 Å². The molecular formula is C22H25N5O3. The monoisotopic (exact) mass is 407 g/mol. The maximum absolute atomic E-state index is 12.6. The number of piperazine rings is 1. The van der Waals surface area contributed by atoms with Gasteiger partial charge in [0.25, 0.3) is 0 Å². The van der Waals surface area contributed by atoms with E-state index in [9.17, 15) is 4.79 Å². The summed E-state index contributed by atoms with van der Waals surface area (Å²) < 4.78 is 11.8. The number of rotatable bonds is 5. The standard InChI is InChI=1S/C22H25N5O3/c1-15(26-10-8-23-9-11-26)30-21-5-3-2-4-17(21)20-13-29-22(28)27(20)16-6-7-18-19(12-16)25-14-24-18/h2-7,12,14-15,20,23H,8-11,13H2,1H3,(H,24,25).